The van der Waals surface area contributed by atoms with Gasteiger partial charge in [-0.1, -0.05) is 18.2 Å². The number of rotatable bonds is 4. The van der Waals surface area contributed by atoms with Gasteiger partial charge in [-0.3, -0.25) is 9.78 Å². The smallest absolute Gasteiger partial charge is 0.535 e. The average molecular weight is 302 g/mol. The summed E-state index contributed by atoms with van der Waals surface area (Å²) in [7, 11) is -1.01. The zero-order chi connectivity index (χ0) is 14.7. The second-order valence-electron chi connectivity index (χ2n) is 4.96. The number of nitrogens with zero attached hydrogens (tertiary/aromatic N) is 1. The Bertz CT molecular complexity index is 620. The predicted octanol–water partition coefficient (Wildman–Crippen LogP) is 1.22. The molecule has 5 nitrogen and oxygen atoms in total. The first-order valence-corrected chi connectivity index (χ1v) is 7.69. The SMILES string of the molecule is O=C(CCc1cncs1)N[C@H]1Cc2ccccc2OB1O. The molecule has 0 aliphatic carbocycles. The van der Waals surface area contributed by atoms with Gasteiger partial charge in [0.05, 0.1) is 11.5 Å². The van der Waals surface area contributed by atoms with Gasteiger partial charge < -0.3 is 15.0 Å². The number of fused-ring (bicyclic) bond motifs is 1. The summed E-state index contributed by atoms with van der Waals surface area (Å²) in [6.45, 7) is 0. The van der Waals surface area contributed by atoms with Crippen molar-refractivity contribution in [3.63, 3.8) is 0 Å². The molecule has 0 bridgehead atoms. The van der Waals surface area contributed by atoms with E-state index in [2.05, 4.69) is 10.3 Å². The topological polar surface area (TPSA) is 71.5 Å². The molecule has 1 amide bonds. The van der Waals surface area contributed by atoms with Gasteiger partial charge in [-0.2, -0.15) is 0 Å². The minimum absolute atomic E-state index is 0.0876. The zero-order valence-electron chi connectivity index (χ0n) is 11.4. The maximum absolute atomic E-state index is 12.0. The van der Waals surface area contributed by atoms with Crippen LogP contribution in [0.3, 0.4) is 0 Å². The lowest BCUT2D eigenvalue weighted by atomic mass is 9.72. The molecule has 0 saturated carbocycles. The van der Waals surface area contributed by atoms with Gasteiger partial charge in [0.1, 0.15) is 5.75 Å². The molecule has 2 heterocycles. The molecule has 0 radical (unpaired) electrons. The second-order valence-corrected chi connectivity index (χ2v) is 5.93. The minimum Gasteiger partial charge on any atom is -0.535 e. The molecule has 0 spiro atoms. The van der Waals surface area contributed by atoms with Crippen molar-refractivity contribution in [2.24, 2.45) is 0 Å². The normalized spacial score (nSPS) is 17.0. The fourth-order valence-corrected chi connectivity index (χ4v) is 2.94. The maximum Gasteiger partial charge on any atom is 0.547 e. The summed E-state index contributed by atoms with van der Waals surface area (Å²) in [6, 6.07) is 7.54. The van der Waals surface area contributed by atoms with Crippen molar-refractivity contribution in [1.29, 1.82) is 0 Å². The minimum atomic E-state index is -1.01. The van der Waals surface area contributed by atoms with Crippen molar-refractivity contribution in [3.8, 4) is 5.75 Å². The third-order valence-electron chi connectivity index (χ3n) is 3.43. The van der Waals surface area contributed by atoms with Gasteiger partial charge in [-0.25, -0.2) is 0 Å². The summed E-state index contributed by atoms with van der Waals surface area (Å²) in [5.74, 6) is 0.185. The van der Waals surface area contributed by atoms with Crippen LogP contribution in [0.25, 0.3) is 0 Å². The highest BCUT2D eigenvalue weighted by Gasteiger charge is 2.35. The highest BCUT2D eigenvalue weighted by Crippen LogP contribution is 2.25. The van der Waals surface area contributed by atoms with E-state index in [9.17, 15) is 9.82 Å². The van der Waals surface area contributed by atoms with E-state index in [1.807, 2.05) is 24.3 Å². The van der Waals surface area contributed by atoms with E-state index >= 15 is 0 Å². The van der Waals surface area contributed by atoms with Gasteiger partial charge in [0.15, 0.2) is 0 Å². The first-order valence-electron chi connectivity index (χ1n) is 6.82. The molecule has 7 heteroatoms. The van der Waals surface area contributed by atoms with Crippen LogP contribution in [-0.2, 0) is 17.6 Å². The molecule has 1 aliphatic heterocycles. The molecule has 1 aromatic carbocycles. The number of aryl methyl sites for hydroxylation is 1. The van der Waals surface area contributed by atoms with Gasteiger partial charge in [-0.05, 0) is 24.5 Å². The lowest BCUT2D eigenvalue weighted by molar-refractivity contribution is -0.121. The highest BCUT2D eigenvalue weighted by atomic mass is 32.1. The summed E-state index contributed by atoms with van der Waals surface area (Å²) in [5.41, 5.74) is 2.75. The standard InChI is InChI=1S/C14H15BN2O3S/c18-14(6-5-11-8-16-9-21-11)17-13-7-10-3-1-2-4-12(10)20-15(13)19/h1-4,8-9,13,19H,5-7H2,(H,17,18)/t13-/m0/s1. The zero-order valence-corrected chi connectivity index (χ0v) is 12.2. The average Bonchev–Trinajstić information content (AvgIpc) is 2.99. The second kappa shape index (κ2) is 6.28. The number of benzene rings is 1. The molecule has 1 atom stereocenters. The van der Waals surface area contributed by atoms with E-state index in [4.69, 9.17) is 4.65 Å². The highest BCUT2D eigenvalue weighted by molar-refractivity contribution is 7.09. The van der Waals surface area contributed by atoms with Gasteiger partial charge in [0.25, 0.3) is 0 Å². The number of hydrogen-bond donors (Lipinski definition) is 2. The van der Waals surface area contributed by atoms with Crippen LogP contribution >= 0.6 is 11.3 Å². The van der Waals surface area contributed by atoms with Crippen molar-refractivity contribution in [1.82, 2.24) is 10.3 Å². The van der Waals surface area contributed by atoms with Gasteiger partial charge in [-0.15, -0.1) is 11.3 Å². The first kappa shape index (κ1) is 14.1. The maximum atomic E-state index is 12.0. The van der Waals surface area contributed by atoms with E-state index in [0.717, 1.165) is 10.4 Å². The summed E-state index contributed by atoms with van der Waals surface area (Å²) in [4.78, 5) is 17.0. The number of carbonyl (C=O) groups excluding carboxylic acids is 1. The van der Waals surface area contributed by atoms with Crippen molar-refractivity contribution >= 4 is 24.4 Å². The van der Waals surface area contributed by atoms with E-state index < -0.39 is 13.1 Å². The molecule has 0 fully saturated rings. The number of para-hydroxylation sites is 1. The van der Waals surface area contributed by atoms with E-state index in [0.29, 0.717) is 25.0 Å². The van der Waals surface area contributed by atoms with Gasteiger partial charge >= 0.3 is 7.12 Å². The number of hydrogen-bond acceptors (Lipinski definition) is 5. The van der Waals surface area contributed by atoms with Crippen LogP contribution in [0.2, 0.25) is 0 Å². The Morgan fingerprint density at radius 3 is 3.19 bits per heavy atom. The Morgan fingerprint density at radius 2 is 2.38 bits per heavy atom. The lowest BCUT2D eigenvalue weighted by Crippen LogP contribution is -2.53. The molecule has 0 unspecified atom stereocenters. The molecule has 1 aliphatic rings. The van der Waals surface area contributed by atoms with Crippen molar-refractivity contribution in [2.75, 3.05) is 0 Å². The largest absolute Gasteiger partial charge is 0.547 e. The van der Waals surface area contributed by atoms with Crippen LogP contribution < -0.4 is 9.97 Å². The molecular weight excluding hydrogens is 287 g/mol. The number of amides is 1. The van der Waals surface area contributed by atoms with E-state index in [1.54, 1.807) is 11.7 Å². The Hall–Kier alpha value is -1.86. The summed E-state index contributed by atoms with van der Waals surface area (Å²) in [6.07, 6.45) is 3.39. The Kier molecular flexibility index (Phi) is 4.22. The number of aromatic nitrogens is 1. The van der Waals surface area contributed by atoms with Crippen molar-refractivity contribution in [2.45, 2.75) is 25.2 Å². The molecular formula is C14H15BN2O3S. The molecule has 3 rings (SSSR count). The first-order chi connectivity index (χ1) is 10.2. The Labute approximate surface area is 127 Å². The van der Waals surface area contributed by atoms with Crippen LogP contribution in [-0.4, -0.2) is 29.0 Å². The van der Waals surface area contributed by atoms with E-state index in [-0.39, 0.29) is 5.91 Å². The van der Waals surface area contributed by atoms with Crippen LogP contribution in [0.5, 0.6) is 5.75 Å². The predicted molar refractivity (Wildman–Crippen MR) is 81.1 cm³/mol. The fourth-order valence-electron chi connectivity index (χ4n) is 2.34. The molecule has 2 aromatic rings. The van der Waals surface area contributed by atoms with Crippen molar-refractivity contribution in [3.05, 3.63) is 46.4 Å². The third-order valence-corrected chi connectivity index (χ3v) is 4.27. The molecule has 108 valence electrons. The molecule has 21 heavy (non-hydrogen) atoms. The van der Waals surface area contributed by atoms with Crippen LogP contribution in [0, 0.1) is 0 Å². The quantitative estimate of drug-likeness (QED) is 0.833. The molecule has 2 N–H and O–H groups in total. The van der Waals surface area contributed by atoms with Crippen LogP contribution in [0.15, 0.2) is 36.0 Å². The fraction of sp³-hybridized carbons (Fsp3) is 0.286. The van der Waals surface area contributed by atoms with Crippen molar-refractivity contribution < 1.29 is 14.5 Å². The molecule has 1 aromatic heterocycles. The summed E-state index contributed by atoms with van der Waals surface area (Å²) >= 11 is 1.54. The van der Waals surface area contributed by atoms with Gasteiger partial charge in [0.2, 0.25) is 5.91 Å². The number of nitrogens with one attached hydrogen (secondary N) is 1. The monoisotopic (exact) mass is 302 g/mol. The third kappa shape index (κ3) is 3.43. The lowest BCUT2D eigenvalue weighted by Gasteiger charge is -2.27. The van der Waals surface area contributed by atoms with Crippen LogP contribution in [0.1, 0.15) is 16.9 Å². The molecule has 0 saturated heterocycles. The number of thiazole rings is 1. The summed E-state index contributed by atoms with van der Waals surface area (Å²) in [5, 5.41) is 12.8. The van der Waals surface area contributed by atoms with E-state index in [1.165, 1.54) is 11.3 Å². The van der Waals surface area contributed by atoms with Crippen LogP contribution in [0.4, 0.5) is 0 Å². The Balaban J connectivity index is 1.56. The number of carbonyl (C=O) groups is 1. The van der Waals surface area contributed by atoms with Gasteiger partial charge in [0, 0.05) is 17.5 Å². The Morgan fingerprint density at radius 1 is 1.52 bits per heavy atom. The summed E-state index contributed by atoms with van der Waals surface area (Å²) < 4.78 is 5.43.